The van der Waals surface area contributed by atoms with Gasteiger partial charge in [-0.15, -0.1) is 16.8 Å². The highest BCUT2D eigenvalue weighted by Crippen LogP contribution is 2.22. The summed E-state index contributed by atoms with van der Waals surface area (Å²) >= 11 is 1.21. The molecule has 1 aromatic heterocycles. The Labute approximate surface area is 220 Å². The zero-order valence-corrected chi connectivity index (χ0v) is 22.2. The highest BCUT2D eigenvalue weighted by molar-refractivity contribution is 7.99. The smallest absolute Gasteiger partial charge is 0.338 e. The van der Waals surface area contributed by atoms with Crippen LogP contribution >= 0.6 is 11.8 Å². The van der Waals surface area contributed by atoms with Crippen molar-refractivity contribution in [3.63, 3.8) is 0 Å². The van der Waals surface area contributed by atoms with Crippen LogP contribution in [0.5, 0.6) is 0 Å². The fraction of sp³-hybridized carbons (Fsp3) is 0.296. The standard InChI is InChI=1S/C27H31N5O4S/c1-6-14-32-24(19(5)28-25(34)20-12-10-18(4)11-13-20)30-31-27(32)37-16-23(33)29-22-9-7-8-21(15-22)26(35)36-17(2)3/h6-13,15,17,19H,1,14,16H2,2-5H3,(H,28,34)(H,29,33)/t19-/m0/s1. The summed E-state index contributed by atoms with van der Waals surface area (Å²) in [6.07, 6.45) is 1.46. The lowest BCUT2D eigenvalue weighted by Crippen LogP contribution is -2.28. The van der Waals surface area contributed by atoms with Gasteiger partial charge >= 0.3 is 5.97 Å². The quantitative estimate of drug-likeness (QED) is 0.216. The maximum Gasteiger partial charge on any atom is 0.338 e. The fourth-order valence-electron chi connectivity index (χ4n) is 3.41. The fourth-order valence-corrected chi connectivity index (χ4v) is 4.17. The third kappa shape index (κ3) is 7.78. The van der Waals surface area contributed by atoms with E-state index in [1.165, 1.54) is 11.8 Å². The molecule has 0 unspecified atom stereocenters. The van der Waals surface area contributed by atoms with Crippen molar-refractivity contribution in [3.8, 4) is 0 Å². The summed E-state index contributed by atoms with van der Waals surface area (Å²) in [6.45, 7) is 11.5. The van der Waals surface area contributed by atoms with Gasteiger partial charge in [-0.3, -0.25) is 9.59 Å². The molecule has 1 heterocycles. The van der Waals surface area contributed by atoms with E-state index in [4.69, 9.17) is 4.74 Å². The number of esters is 1. The molecule has 2 aromatic carbocycles. The van der Waals surface area contributed by atoms with Crippen molar-refractivity contribution in [1.82, 2.24) is 20.1 Å². The molecule has 0 saturated carbocycles. The number of thioether (sulfide) groups is 1. The molecule has 2 amide bonds. The van der Waals surface area contributed by atoms with E-state index >= 15 is 0 Å². The first-order valence-corrected chi connectivity index (χ1v) is 12.8. The molecule has 0 fully saturated rings. The Balaban J connectivity index is 1.63. The maximum atomic E-state index is 12.6. The Morgan fingerprint density at radius 3 is 2.49 bits per heavy atom. The zero-order valence-electron chi connectivity index (χ0n) is 21.4. The minimum atomic E-state index is -0.450. The normalized spacial score (nSPS) is 11.6. The van der Waals surface area contributed by atoms with E-state index in [0.29, 0.717) is 34.3 Å². The summed E-state index contributed by atoms with van der Waals surface area (Å²) in [6, 6.07) is 13.5. The van der Waals surface area contributed by atoms with Gasteiger partial charge in [-0.05, 0) is 58.0 Å². The van der Waals surface area contributed by atoms with Crippen molar-refractivity contribution in [3.05, 3.63) is 83.7 Å². The second-order valence-corrected chi connectivity index (χ2v) is 9.62. The lowest BCUT2D eigenvalue weighted by atomic mass is 10.1. The number of carbonyl (C=O) groups is 3. The van der Waals surface area contributed by atoms with Crippen LogP contribution in [0.15, 0.2) is 66.3 Å². The first-order chi connectivity index (χ1) is 17.7. The van der Waals surface area contributed by atoms with Gasteiger partial charge in [-0.25, -0.2) is 4.79 Å². The minimum absolute atomic E-state index is 0.0695. The number of hydrogen-bond donors (Lipinski definition) is 2. The molecule has 0 bridgehead atoms. The molecule has 0 radical (unpaired) electrons. The molecule has 0 aliphatic rings. The number of carbonyl (C=O) groups excluding carboxylic acids is 3. The lowest BCUT2D eigenvalue weighted by molar-refractivity contribution is -0.113. The number of benzene rings is 2. The maximum absolute atomic E-state index is 12.6. The second kappa shape index (κ2) is 12.9. The number of amides is 2. The molecule has 0 aliphatic carbocycles. The molecule has 0 spiro atoms. The molecular weight excluding hydrogens is 490 g/mol. The van der Waals surface area contributed by atoms with Crippen LogP contribution in [0.1, 0.15) is 58.9 Å². The summed E-state index contributed by atoms with van der Waals surface area (Å²) in [5, 5.41) is 14.7. The van der Waals surface area contributed by atoms with Crippen molar-refractivity contribution < 1.29 is 19.1 Å². The molecule has 37 heavy (non-hydrogen) atoms. The van der Waals surface area contributed by atoms with Crippen LogP contribution in [0.3, 0.4) is 0 Å². The lowest BCUT2D eigenvalue weighted by Gasteiger charge is -2.15. The van der Waals surface area contributed by atoms with Crippen LogP contribution in [0.2, 0.25) is 0 Å². The van der Waals surface area contributed by atoms with Gasteiger partial charge < -0.3 is 19.9 Å². The van der Waals surface area contributed by atoms with Gasteiger partial charge in [0.05, 0.1) is 23.5 Å². The van der Waals surface area contributed by atoms with Gasteiger partial charge in [0, 0.05) is 17.8 Å². The van der Waals surface area contributed by atoms with Gasteiger partial charge in [0.1, 0.15) is 0 Å². The minimum Gasteiger partial charge on any atom is -0.459 e. The van der Waals surface area contributed by atoms with Gasteiger partial charge in [0.2, 0.25) is 5.91 Å². The van der Waals surface area contributed by atoms with Crippen LogP contribution in [-0.2, 0) is 16.1 Å². The predicted molar refractivity (Wildman–Crippen MR) is 144 cm³/mol. The number of allylic oxidation sites excluding steroid dienone is 1. The molecular formula is C27H31N5O4S. The monoisotopic (exact) mass is 521 g/mol. The van der Waals surface area contributed by atoms with Crippen molar-refractivity contribution in [1.29, 1.82) is 0 Å². The van der Waals surface area contributed by atoms with E-state index in [-0.39, 0.29) is 23.7 Å². The number of nitrogens with zero attached hydrogens (tertiary/aromatic N) is 3. The van der Waals surface area contributed by atoms with Crippen LogP contribution in [0.4, 0.5) is 5.69 Å². The predicted octanol–water partition coefficient (Wildman–Crippen LogP) is 4.56. The SMILES string of the molecule is C=CCn1c(SCC(=O)Nc2cccc(C(=O)OC(C)C)c2)nnc1[C@H](C)NC(=O)c1ccc(C)cc1. The average Bonchev–Trinajstić information content (AvgIpc) is 3.25. The van der Waals surface area contributed by atoms with Gasteiger partial charge in [-0.1, -0.05) is 41.6 Å². The van der Waals surface area contributed by atoms with E-state index in [9.17, 15) is 14.4 Å². The summed E-state index contributed by atoms with van der Waals surface area (Å²) in [5.74, 6) is -0.308. The largest absolute Gasteiger partial charge is 0.459 e. The first-order valence-electron chi connectivity index (χ1n) is 11.8. The van der Waals surface area contributed by atoms with Gasteiger partial charge in [0.25, 0.3) is 5.91 Å². The average molecular weight is 522 g/mol. The van der Waals surface area contributed by atoms with Crippen LogP contribution in [-0.4, -0.2) is 44.4 Å². The van der Waals surface area contributed by atoms with E-state index in [0.717, 1.165) is 5.56 Å². The number of aromatic nitrogens is 3. The Morgan fingerprint density at radius 1 is 1.08 bits per heavy atom. The highest BCUT2D eigenvalue weighted by Gasteiger charge is 2.20. The van der Waals surface area contributed by atoms with Crippen LogP contribution < -0.4 is 10.6 Å². The third-order valence-electron chi connectivity index (χ3n) is 5.16. The summed E-state index contributed by atoms with van der Waals surface area (Å²) in [4.78, 5) is 37.4. The Kier molecular flexibility index (Phi) is 9.62. The molecule has 9 nitrogen and oxygen atoms in total. The molecule has 1 atom stereocenters. The Bertz CT molecular complexity index is 1270. The molecule has 3 aromatic rings. The topological polar surface area (TPSA) is 115 Å². The van der Waals surface area contributed by atoms with Crippen LogP contribution in [0, 0.1) is 6.92 Å². The molecule has 0 saturated heterocycles. The van der Waals surface area contributed by atoms with E-state index < -0.39 is 12.0 Å². The van der Waals surface area contributed by atoms with Crippen molar-refractivity contribution in [2.24, 2.45) is 0 Å². The Morgan fingerprint density at radius 2 is 1.81 bits per heavy atom. The number of nitrogens with one attached hydrogen (secondary N) is 2. The molecule has 0 aliphatic heterocycles. The zero-order chi connectivity index (χ0) is 26.9. The highest BCUT2D eigenvalue weighted by atomic mass is 32.2. The van der Waals surface area contributed by atoms with Crippen LogP contribution in [0.25, 0.3) is 0 Å². The number of rotatable bonds is 11. The third-order valence-corrected chi connectivity index (χ3v) is 6.13. The van der Waals surface area contributed by atoms with Gasteiger partial charge in [-0.2, -0.15) is 0 Å². The van der Waals surface area contributed by atoms with Crippen molar-refractivity contribution in [2.45, 2.75) is 51.5 Å². The van der Waals surface area contributed by atoms with E-state index in [1.54, 1.807) is 56.3 Å². The van der Waals surface area contributed by atoms with E-state index in [2.05, 4.69) is 27.4 Å². The van der Waals surface area contributed by atoms with Crippen molar-refractivity contribution >= 4 is 35.2 Å². The summed E-state index contributed by atoms with van der Waals surface area (Å²) in [7, 11) is 0. The molecule has 10 heteroatoms. The Hall–Kier alpha value is -3.92. The van der Waals surface area contributed by atoms with Gasteiger partial charge in [0.15, 0.2) is 11.0 Å². The second-order valence-electron chi connectivity index (χ2n) is 8.67. The number of aryl methyl sites for hydroxylation is 1. The molecule has 3 rings (SSSR count). The molecule has 194 valence electrons. The number of ether oxygens (including phenoxy) is 1. The van der Waals surface area contributed by atoms with Crippen molar-refractivity contribution in [2.75, 3.05) is 11.1 Å². The summed E-state index contributed by atoms with van der Waals surface area (Å²) < 4.78 is 7.02. The summed E-state index contributed by atoms with van der Waals surface area (Å²) in [5.41, 5.74) is 2.48. The van der Waals surface area contributed by atoms with E-state index in [1.807, 2.05) is 30.5 Å². The number of hydrogen-bond acceptors (Lipinski definition) is 7. The first kappa shape index (κ1) is 27.7. The molecule has 2 N–H and O–H groups in total. The number of anilines is 1.